The van der Waals surface area contributed by atoms with Gasteiger partial charge in [-0.3, -0.25) is 4.79 Å². The smallest absolute Gasteiger partial charge is 0.272 e. The van der Waals surface area contributed by atoms with E-state index in [0.29, 0.717) is 32.0 Å². The molecule has 2 heterocycles. The minimum absolute atomic E-state index is 0. The average Bonchev–Trinajstić information content (AvgIpc) is 2.37. The topological polar surface area (TPSA) is 96.6 Å². The molecule has 7 nitrogen and oxygen atoms in total. The minimum Gasteiger partial charge on any atom is -0.384 e. The van der Waals surface area contributed by atoms with Crippen molar-refractivity contribution in [1.29, 1.82) is 0 Å². The number of pyridine rings is 1. The summed E-state index contributed by atoms with van der Waals surface area (Å²) >= 11 is 0. The second-order valence-corrected chi connectivity index (χ2v) is 6.38. The van der Waals surface area contributed by atoms with Gasteiger partial charge < -0.3 is 10.6 Å². The van der Waals surface area contributed by atoms with Crippen molar-refractivity contribution in [1.82, 2.24) is 14.2 Å². The van der Waals surface area contributed by atoms with E-state index in [9.17, 15) is 13.2 Å². The summed E-state index contributed by atoms with van der Waals surface area (Å²) in [4.78, 5) is 17.7. The Morgan fingerprint density at radius 3 is 2.35 bits per heavy atom. The summed E-state index contributed by atoms with van der Waals surface area (Å²) in [5, 5.41) is 0. The van der Waals surface area contributed by atoms with Gasteiger partial charge in [0.15, 0.2) is 0 Å². The number of amides is 1. The van der Waals surface area contributed by atoms with E-state index in [2.05, 4.69) is 4.98 Å². The van der Waals surface area contributed by atoms with E-state index in [-0.39, 0.29) is 24.0 Å². The highest BCUT2D eigenvalue weighted by molar-refractivity contribution is 7.88. The molecule has 1 saturated heterocycles. The first-order valence-electron chi connectivity index (χ1n) is 5.85. The maximum atomic E-state index is 12.1. The molecule has 2 N–H and O–H groups in total. The molecule has 0 saturated carbocycles. The van der Waals surface area contributed by atoms with Crippen LogP contribution in [0, 0.1) is 0 Å². The molecule has 0 bridgehead atoms. The average molecular weight is 321 g/mol. The lowest BCUT2D eigenvalue weighted by Crippen LogP contribution is -2.50. The number of sulfonamides is 1. The third-order valence-corrected chi connectivity index (χ3v) is 4.29. The molecule has 2 rings (SSSR count). The summed E-state index contributed by atoms with van der Waals surface area (Å²) in [5.41, 5.74) is 5.82. The Labute approximate surface area is 124 Å². The first-order valence-corrected chi connectivity index (χ1v) is 7.70. The zero-order valence-electron chi connectivity index (χ0n) is 11.0. The van der Waals surface area contributed by atoms with Gasteiger partial charge in [0.25, 0.3) is 5.91 Å². The monoisotopic (exact) mass is 320 g/mol. The SMILES string of the molecule is CS(=O)(=O)N1CCN(C(=O)c2cccc(N)n2)CC1.Cl. The maximum Gasteiger partial charge on any atom is 0.272 e. The number of nitrogens with two attached hydrogens (primary N) is 1. The van der Waals surface area contributed by atoms with Crippen LogP contribution in [0.2, 0.25) is 0 Å². The first-order chi connectivity index (χ1) is 8.88. The lowest BCUT2D eigenvalue weighted by molar-refractivity contribution is 0.0692. The Morgan fingerprint density at radius 2 is 1.85 bits per heavy atom. The zero-order valence-corrected chi connectivity index (χ0v) is 12.7. The summed E-state index contributed by atoms with van der Waals surface area (Å²) in [6.07, 6.45) is 1.17. The molecule has 0 aliphatic carbocycles. The number of rotatable bonds is 2. The molecular formula is C11H17ClN4O3S. The zero-order chi connectivity index (χ0) is 14.0. The van der Waals surface area contributed by atoms with E-state index in [4.69, 9.17) is 5.73 Å². The quantitative estimate of drug-likeness (QED) is 0.814. The van der Waals surface area contributed by atoms with Crippen LogP contribution in [0.15, 0.2) is 18.2 Å². The Kier molecular flexibility index (Phi) is 5.32. The van der Waals surface area contributed by atoms with Gasteiger partial charge in [-0.1, -0.05) is 6.07 Å². The number of anilines is 1. The highest BCUT2D eigenvalue weighted by Crippen LogP contribution is 2.10. The maximum absolute atomic E-state index is 12.1. The largest absolute Gasteiger partial charge is 0.384 e. The summed E-state index contributed by atoms with van der Waals surface area (Å²) in [7, 11) is -3.19. The van der Waals surface area contributed by atoms with Crippen LogP contribution in [-0.4, -0.2) is 60.9 Å². The van der Waals surface area contributed by atoms with Crippen molar-refractivity contribution in [2.24, 2.45) is 0 Å². The van der Waals surface area contributed by atoms with Crippen LogP contribution in [0.4, 0.5) is 5.82 Å². The van der Waals surface area contributed by atoms with Gasteiger partial charge in [-0.2, -0.15) is 4.31 Å². The van der Waals surface area contributed by atoms with Crippen LogP contribution in [0.25, 0.3) is 0 Å². The molecule has 0 radical (unpaired) electrons. The van der Waals surface area contributed by atoms with Crippen molar-refractivity contribution in [3.8, 4) is 0 Å². The van der Waals surface area contributed by atoms with Crippen molar-refractivity contribution >= 4 is 34.2 Å². The number of carbonyl (C=O) groups excluding carboxylic acids is 1. The molecule has 1 aliphatic heterocycles. The van der Waals surface area contributed by atoms with Gasteiger partial charge in [-0.25, -0.2) is 13.4 Å². The van der Waals surface area contributed by atoms with Gasteiger partial charge >= 0.3 is 0 Å². The number of halogens is 1. The van der Waals surface area contributed by atoms with E-state index in [1.54, 1.807) is 23.1 Å². The molecule has 0 unspecified atom stereocenters. The van der Waals surface area contributed by atoms with Crippen LogP contribution in [-0.2, 0) is 10.0 Å². The van der Waals surface area contributed by atoms with E-state index in [1.165, 1.54) is 10.6 Å². The molecule has 20 heavy (non-hydrogen) atoms. The summed E-state index contributed by atoms with van der Waals surface area (Å²) < 4.78 is 24.1. The fourth-order valence-electron chi connectivity index (χ4n) is 1.96. The van der Waals surface area contributed by atoms with E-state index >= 15 is 0 Å². The van der Waals surface area contributed by atoms with Crippen LogP contribution in [0.5, 0.6) is 0 Å². The second kappa shape index (κ2) is 6.38. The predicted octanol–water partition coefficient (Wildman–Crippen LogP) is -0.197. The molecule has 1 amide bonds. The molecule has 1 aliphatic rings. The second-order valence-electron chi connectivity index (χ2n) is 4.40. The van der Waals surface area contributed by atoms with Gasteiger partial charge in [-0.15, -0.1) is 12.4 Å². The highest BCUT2D eigenvalue weighted by Gasteiger charge is 2.27. The molecule has 1 aromatic rings. The lowest BCUT2D eigenvalue weighted by atomic mass is 10.2. The molecule has 9 heteroatoms. The van der Waals surface area contributed by atoms with E-state index < -0.39 is 10.0 Å². The summed E-state index contributed by atoms with van der Waals surface area (Å²) in [6.45, 7) is 1.35. The van der Waals surface area contributed by atoms with Gasteiger partial charge in [0.1, 0.15) is 11.5 Å². The van der Waals surface area contributed by atoms with Gasteiger partial charge in [0.05, 0.1) is 6.26 Å². The predicted molar refractivity (Wildman–Crippen MR) is 78.2 cm³/mol. The Hall–Kier alpha value is -1.38. The van der Waals surface area contributed by atoms with Gasteiger partial charge in [0, 0.05) is 26.2 Å². The Bertz CT molecular complexity index is 585. The Morgan fingerprint density at radius 1 is 1.25 bits per heavy atom. The molecule has 112 valence electrons. The number of nitrogen functional groups attached to an aromatic ring is 1. The minimum atomic E-state index is -3.19. The number of hydrogen-bond acceptors (Lipinski definition) is 5. The van der Waals surface area contributed by atoms with Crippen LogP contribution in [0.3, 0.4) is 0 Å². The normalized spacial score (nSPS) is 16.6. The number of carbonyl (C=O) groups is 1. The number of aromatic nitrogens is 1. The molecule has 1 aromatic heterocycles. The molecule has 1 fully saturated rings. The number of nitrogens with zero attached hydrogens (tertiary/aromatic N) is 3. The third kappa shape index (κ3) is 3.81. The van der Waals surface area contributed by atoms with Crippen molar-refractivity contribution in [2.75, 3.05) is 38.2 Å². The fraction of sp³-hybridized carbons (Fsp3) is 0.455. The number of piperazine rings is 1. The molecule has 0 aromatic carbocycles. The summed E-state index contributed by atoms with van der Waals surface area (Å²) in [5.74, 6) is 0.0704. The molecule has 0 atom stereocenters. The lowest BCUT2D eigenvalue weighted by Gasteiger charge is -2.33. The van der Waals surface area contributed by atoms with Gasteiger partial charge in [0.2, 0.25) is 10.0 Å². The van der Waals surface area contributed by atoms with Crippen molar-refractivity contribution < 1.29 is 13.2 Å². The molecule has 0 spiro atoms. The first kappa shape index (κ1) is 16.7. The summed E-state index contributed by atoms with van der Waals surface area (Å²) in [6, 6.07) is 4.88. The standard InChI is InChI=1S/C11H16N4O3S.ClH/c1-19(17,18)15-7-5-14(6-8-15)11(16)9-3-2-4-10(12)13-9;/h2-4H,5-8H2,1H3,(H2,12,13);1H. The fourth-order valence-corrected chi connectivity index (χ4v) is 2.78. The van der Waals surface area contributed by atoms with Crippen molar-refractivity contribution in [3.63, 3.8) is 0 Å². The van der Waals surface area contributed by atoms with Crippen LogP contribution < -0.4 is 5.73 Å². The van der Waals surface area contributed by atoms with Gasteiger partial charge in [-0.05, 0) is 12.1 Å². The van der Waals surface area contributed by atoms with E-state index in [0.717, 1.165) is 0 Å². The highest BCUT2D eigenvalue weighted by atomic mass is 35.5. The van der Waals surface area contributed by atoms with Crippen molar-refractivity contribution in [2.45, 2.75) is 0 Å². The molecular weight excluding hydrogens is 304 g/mol. The van der Waals surface area contributed by atoms with Crippen molar-refractivity contribution in [3.05, 3.63) is 23.9 Å². The third-order valence-electron chi connectivity index (χ3n) is 2.98. The van der Waals surface area contributed by atoms with E-state index in [1.807, 2.05) is 0 Å². The van der Waals surface area contributed by atoms with Crippen LogP contribution >= 0.6 is 12.4 Å². The Balaban J connectivity index is 0.00000200. The number of hydrogen-bond donors (Lipinski definition) is 1. The van der Waals surface area contributed by atoms with Crippen LogP contribution in [0.1, 0.15) is 10.5 Å².